The molecule has 2 aromatic heterocycles. The number of aliphatic hydroxyl groups is 1. The number of hydrogen-bond acceptors (Lipinski definition) is 3. The Bertz CT molecular complexity index is 408. The highest BCUT2D eigenvalue weighted by atomic mass is 16.4. The van der Waals surface area contributed by atoms with Crippen LogP contribution < -0.4 is 0 Å². The van der Waals surface area contributed by atoms with Crippen LogP contribution in [0.5, 0.6) is 0 Å². The summed E-state index contributed by atoms with van der Waals surface area (Å²) in [5.41, 5.74) is 0.738. The van der Waals surface area contributed by atoms with Crippen molar-refractivity contribution in [3.05, 3.63) is 53.7 Å². The molecular formula is C11H11NO2. The minimum atomic E-state index is -0.725. The van der Waals surface area contributed by atoms with Crippen LogP contribution in [0.1, 0.15) is 23.2 Å². The minimum absolute atomic E-state index is 0.551. The third-order valence-corrected chi connectivity index (χ3v) is 2.03. The average Bonchev–Trinajstić information content (AvgIpc) is 2.65. The summed E-state index contributed by atoms with van der Waals surface area (Å²) in [6, 6.07) is 7.20. The topological polar surface area (TPSA) is 46.3 Å². The molecule has 72 valence electrons. The first-order chi connectivity index (χ1) is 6.77. The van der Waals surface area contributed by atoms with Gasteiger partial charge in [0.25, 0.3) is 0 Å². The monoisotopic (exact) mass is 189 g/mol. The summed E-state index contributed by atoms with van der Waals surface area (Å²) in [6.45, 7) is 1.85. The number of furan rings is 1. The second-order valence-electron chi connectivity index (χ2n) is 3.14. The number of aromatic nitrogens is 1. The molecule has 0 bridgehead atoms. The molecule has 2 rings (SSSR count). The molecule has 0 fully saturated rings. The molecule has 0 spiro atoms. The Morgan fingerprint density at radius 1 is 1.36 bits per heavy atom. The summed E-state index contributed by atoms with van der Waals surface area (Å²) in [5.74, 6) is 1.35. The van der Waals surface area contributed by atoms with Gasteiger partial charge < -0.3 is 9.52 Å². The Kier molecular flexibility index (Phi) is 2.33. The van der Waals surface area contributed by atoms with E-state index in [-0.39, 0.29) is 0 Å². The lowest BCUT2D eigenvalue weighted by molar-refractivity contribution is 0.187. The van der Waals surface area contributed by atoms with Crippen molar-refractivity contribution in [3.8, 4) is 0 Å². The van der Waals surface area contributed by atoms with E-state index in [0.29, 0.717) is 5.76 Å². The molecule has 0 aromatic carbocycles. The zero-order valence-corrected chi connectivity index (χ0v) is 7.84. The molecular weight excluding hydrogens is 178 g/mol. The Labute approximate surface area is 82.0 Å². The van der Waals surface area contributed by atoms with Crippen LogP contribution in [0.25, 0.3) is 0 Å². The van der Waals surface area contributed by atoms with E-state index in [9.17, 15) is 5.11 Å². The molecule has 0 aliphatic heterocycles. The van der Waals surface area contributed by atoms with Crippen LogP contribution in [-0.4, -0.2) is 10.1 Å². The van der Waals surface area contributed by atoms with Crippen molar-refractivity contribution >= 4 is 0 Å². The molecule has 2 aromatic rings. The molecule has 3 nitrogen and oxygen atoms in total. The molecule has 0 unspecified atom stereocenters. The molecule has 0 aliphatic carbocycles. The van der Waals surface area contributed by atoms with Crippen LogP contribution >= 0.6 is 0 Å². The number of rotatable bonds is 2. The summed E-state index contributed by atoms with van der Waals surface area (Å²) in [5, 5.41) is 9.87. The van der Waals surface area contributed by atoms with E-state index in [1.54, 1.807) is 24.5 Å². The van der Waals surface area contributed by atoms with Crippen LogP contribution in [0.3, 0.4) is 0 Å². The molecule has 2 heterocycles. The van der Waals surface area contributed by atoms with Gasteiger partial charge in [-0.2, -0.15) is 0 Å². The van der Waals surface area contributed by atoms with Gasteiger partial charge in [0, 0.05) is 18.0 Å². The summed E-state index contributed by atoms with van der Waals surface area (Å²) < 4.78 is 5.32. The molecule has 0 aliphatic rings. The fraction of sp³-hybridized carbons (Fsp3) is 0.182. The third kappa shape index (κ3) is 1.67. The van der Waals surface area contributed by atoms with Gasteiger partial charge in [0.1, 0.15) is 17.6 Å². The summed E-state index contributed by atoms with van der Waals surface area (Å²) in [7, 11) is 0. The molecule has 14 heavy (non-hydrogen) atoms. The lowest BCUT2D eigenvalue weighted by Crippen LogP contribution is -1.97. The Morgan fingerprint density at radius 2 is 2.21 bits per heavy atom. The van der Waals surface area contributed by atoms with Gasteiger partial charge in [-0.1, -0.05) is 6.07 Å². The van der Waals surface area contributed by atoms with Gasteiger partial charge in [-0.15, -0.1) is 0 Å². The fourth-order valence-electron chi connectivity index (χ4n) is 1.30. The number of aliphatic hydroxyl groups excluding tert-OH is 1. The maximum atomic E-state index is 9.87. The first-order valence-electron chi connectivity index (χ1n) is 4.41. The lowest BCUT2D eigenvalue weighted by Gasteiger charge is -2.06. The maximum Gasteiger partial charge on any atom is 0.138 e. The van der Waals surface area contributed by atoms with Crippen LogP contribution in [0.15, 0.2) is 41.1 Å². The zero-order valence-electron chi connectivity index (χ0n) is 7.84. The first kappa shape index (κ1) is 8.97. The molecule has 1 atom stereocenters. The predicted molar refractivity (Wildman–Crippen MR) is 51.7 cm³/mol. The van der Waals surface area contributed by atoms with E-state index in [4.69, 9.17) is 4.42 Å². The highest BCUT2D eigenvalue weighted by Gasteiger charge is 2.13. The van der Waals surface area contributed by atoms with E-state index in [0.717, 1.165) is 11.3 Å². The van der Waals surface area contributed by atoms with E-state index in [2.05, 4.69) is 4.98 Å². The average molecular weight is 189 g/mol. The smallest absolute Gasteiger partial charge is 0.138 e. The third-order valence-electron chi connectivity index (χ3n) is 2.03. The Morgan fingerprint density at radius 3 is 2.79 bits per heavy atom. The molecule has 0 amide bonds. The summed E-state index contributed by atoms with van der Waals surface area (Å²) in [6.07, 6.45) is 2.57. The van der Waals surface area contributed by atoms with Crippen LogP contribution in [0, 0.1) is 6.92 Å². The van der Waals surface area contributed by atoms with Crippen molar-refractivity contribution in [2.24, 2.45) is 0 Å². The first-order valence-corrected chi connectivity index (χ1v) is 4.41. The van der Waals surface area contributed by atoms with Crippen molar-refractivity contribution in [2.75, 3.05) is 0 Å². The van der Waals surface area contributed by atoms with E-state index < -0.39 is 6.10 Å². The van der Waals surface area contributed by atoms with Gasteiger partial charge in [-0.3, -0.25) is 4.98 Å². The van der Waals surface area contributed by atoms with E-state index in [1.807, 2.05) is 19.1 Å². The second kappa shape index (κ2) is 3.64. The highest BCUT2D eigenvalue weighted by molar-refractivity contribution is 5.22. The minimum Gasteiger partial charge on any atom is -0.463 e. The number of aryl methyl sites for hydroxylation is 1. The number of nitrogens with zero attached hydrogens (tertiary/aromatic N) is 1. The van der Waals surface area contributed by atoms with Gasteiger partial charge in [0.05, 0.1) is 0 Å². The van der Waals surface area contributed by atoms with Crippen LogP contribution in [0.2, 0.25) is 0 Å². The van der Waals surface area contributed by atoms with Gasteiger partial charge in [0.2, 0.25) is 0 Å². The van der Waals surface area contributed by atoms with Gasteiger partial charge >= 0.3 is 0 Å². The zero-order chi connectivity index (χ0) is 9.97. The van der Waals surface area contributed by atoms with Crippen molar-refractivity contribution in [1.29, 1.82) is 0 Å². The normalized spacial score (nSPS) is 12.7. The van der Waals surface area contributed by atoms with E-state index in [1.165, 1.54) is 0 Å². The largest absolute Gasteiger partial charge is 0.463 e. The fourth-order valence-corrected chi connectivity index (χ4v) is 1.30. The highest BCUT2D eigenvalue weighted by Crippen LogP contribution is 2.22. The van der Waals surface area contributed by atoms with Crippen molar-refractivity contribution in [2.45, 2.75) is 13.0 Å². The lowest BCUT2D eigenvalue weighted by atomic mass is 10.1. The molecule has 0 radical (unpaired) electrons. The van der Waals surface area contributed by atoms with Gasteiger partial charge in [-0.25, -0.2) is 0 Å². The molecule has 1 N–H and O–H groups in total. The van der Waals surface area contributed by atoms with E-state index >= 15 is 0 Å². The summed E-state index contributed by atoms with van der Waals surface area (Å²) >= 11 is 0. The maximum absolute atomic E-state index is 9.87. The molecule has 0 saturated carbocycles. The molecule has 0 saturated heterocycles. The number of hydrogen-bond donors (Lipinski definition) is 1. The molecule has 3 heteroatoms. The Hall–Kier alpha value is -1.61. The van der Waals surface area contributed by atoms with Gasteiger partial charge in [-0.05, 0) is 25.1 Å². The van der Waals surface area contributed by atoms with Crippen molar-refractivity contribution < 1.29 is 9.52 Å². The second-order valence-corrected chi connectivity index (χ2v) is 3.14. The van der Waals surface area contributed by atoms with Crippen molar-refractivity contribution in [3.63, 3.8) is 0 Å². The predicted octanol–water partition coefficient (Wildman–Crippen LogP) is 2.06. The SMILES string of the molecule is Cc1ccc([C@@H](O)c2cccnc2)o1. The quantitative estimate of drug-likeness (QED) is 0.786. The van der Waals surface area contributed by atoms with Crippen LogP contribution in [-0.2, 0) is 0 Å². The number of pyridine rings is 1. The Balaban J connectivity index is 2.29. The summed E-state index contributed by atoms with van der Waals surface area (Å²) in [4.78, 5) is 3.94. The van der Waals surface area contributed by atoms with Crippen molar-refractivity contribution in [1.82, 2.24) is 4.98 Å². The standard InChI is InChI=1S/C11H11NO2/c1-8-4-5-10(14-8)11(13)9-3-2-6-12-7-9/h2-7,11,13H,1H3/t11-/m0/s1. The van der Waals surface area contributed by atoms with Gasteiger partial charge in [0.15, 0.2) is 0 Å². The van der Waals surface area contributed by atoms with Crippen LogP contribution in [0.4, 0.5) is 0 Å².